The number of pyridine rings is 1. The van der Waals surface area contributed by atoms with Crippen molar-refractivity contribution in [2.24, 2.45) is 0 Å². The highest BCUT2D eigenvalue weighted by atomic mass is 32.2. The van der Waals surface area contributed by atoms with E-state index in [2.05, 4.69) is 31.2 Å². The van der Waals surface area contributed by atoms with Crippen LogP contribution >= 0.6 is 11.8 Å². The van der Waals surface area contributed by atoms with Gasteiger partial charge in [0.1, 0.15) is 18.1 Å². The van der Waals surface area contributed by atoms with Gasteiger partial charge in [-0.25, -0.2) is 18.7 Å². The van der Waals surface area contributed by atoms with E-state index in [1.807, 2.05) is 37.9 Å². The SMILES string of the molecule is CC(C)N1CCOc2c(F)cc(-c3nc(Cc4ccc(SC5CCNCC5)cn4)ncc3F)cc21. The van der Waals surface area contributed by atoms with Gasteiger partial charge in [0, 0.05) is 33.6 Å². The summed E-state index contributed by atoms with van der Waals surface area (Å²) < 4.78 is 35.2. The number of hydrogen-bond acceptors (Lipinski definition) is 7. The molecule has 1 N–H and O–H groups in total. The lowest BCUT2D eigenvalue weighted by molar-refractivity contribution is 0.287. The molecule has 0 amide bonds. The zero-order valence-electron chi connectivity index (χ0n) is 19.9. The van der Waals surface area contributed by atoms with Crippen LogP contribution in [-0.2, 0) is 6.42 Å². The van der Waals surface area contributed by atoms with E-state index < -0.39 is 11.6 Å². The summed E-state index contributed by atoms with van der Waals surface area (Å²) in [5.41, 5.74) is 1.85. The van der Waals surface area contributed by atoms with Gasteiger partial charge in [0.05, 0.1) is 24.8 Å². The largest absolute Gasteiger partial charge is 0.486 e. The number of nitrogens with zero attached hydrogens (tertiary/aromatic N) is 4. The first-order chi connectivity index (χ1) is 17.0. The van der Waals surface area contributed by atoms with E-state index in [4.69, 9.17) is 4.74 Å². The molecular weight excluding hydrogens is 468 g/mol. The summed E-state index contributed by atoms with van der Waals surface area (Å²) in [5, 5.41) is 4.00. The van der Waals surface area contributed by atoms with E-state index in [9.17, 15) is 8.78 Å². The molecule has 2 aromatic heterocycles. The highest BCUT2D eigenvalue weighted by Crippen LogP contribution is 2.39. The Bertz CT molecular complexity index is 1190. The van der Waals surface area contributed by atoms with Crippen molar-refractivity contribution < 1.29 is 13.5 Å². The number of hydrogen-bond donors (Lipinski definition) is 1. The molecule has 9 heteroatoms. The number of ether oxygens (including phenoxy) is 1. The molecule has 2 aliphatic rings. The maximum Gasteiger partial charge on any atom is 0.178 e. The van der Waals surface area contributed by atoms with Gasteiger partial charge in [-0.3, -0.25) is 4.98 Å². The van der Waals surface area contributed by atoms with Crippen LogP contribution in [0, 0.1) is 11.6 Å². The molecule has 1 aromatic carbocycles. The molecule has 184 valence electrons. The van der Waals surface area contributed by atoms with Crippen molar-refractivity contribution in [3.8, 4) is 17.0 Å². The number of aromatic nitrogens is 3. The van der Waals surface area contributed by atoms with Crippen LogP contribution in [0.1, 0.15) is 38.2 Å². The zero-order valence-corrected chi connectivity index (χ0v) is 20.7. The Morgan fingerprint density at radius 2 is 1.94 bits per heavy atom. The average molecular weight is 498 g/mol. The zero-order chi connectivity index (χ0) is 24.4. The van der Waals surface area contributed by atoms with Crippen LogP contribution in [0.25, 0.3) is 11.3 Å². The number of halogens is 2. The monoisotopic (exact) mass is 497 g/mol. The molecule has 0 spiro atoms. The van der Waals surface area contributed by atoms with E-state index in [1.165, 1.54) is 6.07 Å². The van der Waals surface area contributed by atoms with Crippen LogP contribution in [0.5, 0.6) is 5.75 Å². The molecule has 0 atom stereocenters. The summed E-state index contributed by atoms with van der Waals surface area (Å²) in [6.45, 7) is 7.24. The maximum absolute atomic E-state index is 14.9. The van der Waals surface area contributed by atoms with Crippen LogP contribution in [0.3, 0.4) is 0 Å². The Hall–Kier alpha value is -2.78. The minimum atomic E-state index is -0.595. The van der Waals surface area contributed by atoms with E-state index in [-0.39, 0.29) is 17.5 Å². The van der Waals surface area contributed by atoms with Crippen LogP contribution < -0.4 is 15.0 Å². The standard InChI is InChI=1S/C26H29F2N5OS/c1-16(2)33-9-10-34-26-21(27)11-17(12-23(26)33)25-22(28)15-31-24(32-25)13-18-3-4-20(14-30-18)35-19-5-7-29-8-6-19/h3-4,11-12,14-16,19,29H,5-10,13H2,1-2H3. The third kappa shape index (κ3) is 5.41. The Labute approximate surface area is 208 Å². The fourth-order valence-electron chi connectivity index (χ4n) is 4.52. The van der Waals surface area contributed by atoms with E-state index in [1.54, 1.807) is 6.07 Å². The predicted octanol–water partition coefficient (Wildman–Crippen LogP) is 4.86. The molecule has 1 fully saturated rings. The van der Waals surface area contributed by atoms with Crippen LogP contribution in [0.2, 0.25) is 0 Å². The number of nitrogens with one attached hydrogen (secondary N) is 1. The average Bonchev–Trinajstić information content (AvgIpc) is 2.86. The third-order valence-electron chi connectivity index (χ3n) is 6.33. The van der Waals surface area contributed by atoms with Gasteiger partial charge in [-0.05, 0) is 64.0 Å². The molecule has 0 saturated carbocycles. The maximum atomic E-state index is 14.9. The Kier molecular flexibility index (Phi) is 7.15. The number of piperidine rings is 1. The molecule has 0 bridgehead atoms. The predicted molar refractivity (Wildman–Crippen MR) is 134 cm³/mol. The number of rotatable bonds is 6. The van der Waals surface area contributed by atoms with Gasteiger partial charge < -0.3 is 15.0 Å². The van der Waals surface area contributed by atoms with Gasteiger partial charge in [-0.2, -0.15) is 0 Å². The van der Waals surface area contributed by atoms with Gasteiger partial charge in [0.2, 0.25) is 0 Å². The van der Waals surface area contributed by atoms with Crippen molar-refractivity contribution in [1.29, 1.82) is 0 Å². The van der Waals surface area contributed by atoms with E-state index in [0.717, 1.165) is 42.7 Å². The molecule has 5 rings (SSSR count). The van der Waals surface area contributed by atoms with Crippen molar-refractivity contribution in [3.63, 3.8) is 0 Å². The first kappa shape index (κ1) is 23.9. The summed E-state index contributed by atoms with van der Waals surface area (Å²) in [7, 11) is 0. The van der Waals surface area contributed by atoms with Crippen LogP contribution in [0.15, 0.2) is 41.6 Å². The molecular formula is C26H29F2N5OS. The number of fused-ring (bicyclic) bond motifs is 1. The molecule has 0 radical (unpaired) electrons. The lowest BCUT2D eigenvalue weighted by Gasteiger charge is -2.34. The lowest BCUT2D eigenvalue weighted by atomic mass is 10.1. The number of benzene rings is 1. The van der Waals surface area contributed by atoms with Gasteiger partial charge in [-0.15, -0.1) is 11.8 Å². The van der Waals surface area contributed by atoms with Crippen LogP contribution in [-0.4, -0.2) is 52.5 Å². The fourth-order valence-corrected chi connectivity index (χ4v) is 5.64. The van der Waals surface area contributed by atoms with Crippen molar-refractivity contribution >= 4 is 17.4 Å². The minimum absolute atomic E-state index is 0.0732. The summed E-state index contributed by atoms with van der Waals surface area (Å²) in [6.07, 6.45) is 5.70. The smallest absolute Gasteiger partial charge is 0.178 e. The van der Waals surface area contributed by atoms with Crippen LogP contribution in [0.4, 0.5) is 14.5 Å². The summed E-state index contributed by atoms with van der Waals surface area (Å²) in [6, 6.07) is 7.21. The summed E-state index contributed by atoms with van der Waals surface area (Å²) in [4.78, 5) is 16.4. The highest BCUT2D eigenvalue weighted by Gasteiger charge is 2.25. The molecule has 3 aromatic rings. The second-order valence-corrected chi connectivity index (χ2v) is 10.5. The van der Waals surface area contributed by atoms with Crippen molar-refractivity contribution in [3.05, 3.63) is 59.8 Å². The van der Waals surface area contributed by atoms with Gasteiger partial charge in [0.15, 0.2) is 17.4 Å². The Morgan fingerprint density at radius 3 is 2.69 bits per heavy atom. The molecule has 0 aliphatic carbocycles. The quantitative estimate of drug-likeness (QED) is 0.522. The van der Waals surface area contributed by atoms with Crippen molar-refractivity contribution in [2.45, 2.75) is 49.3 Å². The number of thioether (sulfide) groups is 1. The van der Waals surface area contributed by atoms with Gasteiger partial charge >= 0.3 is 0 Å². The second-order valence-electron chi connectivity index (χ2n) is 9.15. The van der Waals surface area contributed by atoms with Crippen molar-refractivity contribution in [2.75, 3.05) is 31.1 Å². The molecule has 0 unspecified atom stereocenters. The van der Waals surface area contributed by atoms with Crippen molar-refractivity contribution in [1.82, 2.24) is 20.3 Å². The third-order valence-corrected chi connectivity index (χ3v) is 7.65. The molecule has 2 aliphatic heterocycles. The van der Waals surface area contributed by atoms with E-state index >= 15 is 0 Å². The Morgan fingerprint density at radius 1 is 1.11 bits per heavy atom. The Balaban J connectivity index is 1.37. The molecule has 4 heterocycles. The normalized spacial score (nSPS) is 16.3. The minimum Gasteiger partial charge on any atom is -0.486 e. The summed E-state index contributed by atoms with van der Waals surface area (Å²) in [5.74, 6) is -0.480. The van der Waals surface area contributed by atoms with Gasteiger partial charge in [-0.1, -0.05) is 0 Å². The molecule has 1 saturated heterocycles. The first-order valence-electron chi connectivity index (χ1n) is 12.0. The molecule has 35 heavy (non-hydrogen) atoms. The molecule has 6 nitrogen and oxygen atoms in total. The number of anilines is 1. The first-order valence-corrected chi connectivity index (χ1v) is 12.9. The van der Waals surface area contributed by atoms with Gasteiger partial charge in [0.25, 0.3) is 0 Å². The highest BCUT2D eigenvalue weighted by molar-refractivity contribution is 8.00. The second kappa shape index (κ2) is 10.5. The topological polar surface area (TPSA) is 63.2 Å². The van der Waals surface area contributed by atoms with E-state index in [0.29, 0.717) is 41.9 Å². The lowest BCUT2D eigenvalue weighted by Crippen LogP contribution is -2.38. The fraction of sp³-hybridized carbons (Fsp3) is 0.423. The summed E-state index contributed by atoms with van der Waals surface area (Å²) >= 11 is 1.86.